The van der Waals surface area contributed by atoms with Gasteiger partial charge in [0.15, 0.2) is 6.10 Å². The third-order valence-corrected chi connectivity index (χ3v) is 2.36. The summed E-state index contributed by atoms with van der Waals surface area (Å²) in [5.41, 5.74) is 0.575. The molecular formula is C12H11FN2O4. The van der Waals surface area contributed by atoms with Gasteiger partial charge in [-0.05, 0) is 31.2 Å². The molecule has 0 spiro atoms. The molecule has 2 aromatic rings. The molecular weight excluding hydrogens is 255 g/mol. The van der Waals surface area contributed by atoms with Crippen LogP contribution in [0.1, 0.15) is 12.8 Å². The standard InChI is InChI=1S/C12H11FN2O4/c1-7(12(16)17)18-6-10-14-15-11(19-10)8-2-4-9(13)5-3-8/h2-5,7H,6H2,1H3,(H,16,17)/t7-/m0/s1. The number of ether oxygens (including phenoxy) is 1. The summed E-state index contributed by atoms with van der Waals surface area (Å²) in [6.45, 7) is 1.31. The quantitative estimate of drug-likeness (QED) is 0.889. The van der Waals surface area contributed by atoms with Gasteiger partial charge in [0.1, 0.15) is 12.4 Å². The lowest BCUT2D eigenvalue weighted by molar-refractivity contribution is -0.150. The topological polar surface area (TPSA) is 85.5 Å². The average Bonchev–Trinajstić information content (AvgIpc) is 2.85. The maximum Gasteiger partial charge on any atom is 0.332 e. The largest absolute Gasteiger partial charge is 0.479 e. The van der Waals surface area contributed by atoms with Gasteiger partial charge in [-0.3, -0.25) is 0 Å². The third-order valence-electron chi connectivity index (χ3n) is 2.36. The molecule has 1 aromatic carbocycles. The van der Waals surface area contributed by atoms with E-state index < -0.39 is 12.1 Å². The molecule has 0 aliphatic carbocycles. The van der Waals surface area contributed by atoms with Crippen molar-refractivity contribution in [1.29, 1.82) is 0 Å². The first-order valence-corrected chi connectivity index (χ1v) is 5.49. The van der Waals surface area contributed by atoms with Crippen molar-refractivity contribution < 1.29 is 23.4 Å². The van der Waals surface area contributed by atoms with Gasteiger partial charge in [-0.2, -0.15) is 0 Å². The van der Waals surface area contributed by atoms with E-state index in [1.807, 2.05) is 0 Å². The summed E-state index contributed by atoms with van der Waals surface area (Å²) in [5.74, 6) is -1.05. The van der Waals surface area contributed by atoms with Crippen LogP contribution in [-0.2, 0) is 16.1 Å². The zero-order valence-corrected chi connectivity index (χ0v) is 10.0. The van der Waals surface area contributed by atoms with E-state index in [2.05, 4.69) is 10.2 Å². The van der Waals surface area contributed by atoms with E-state index >= 15 is 0 Å². The Balaban J connectivity index is 2.03. The summed E-state index contributed by atoms with van der Waals surface area (Å²) in [4.78, 5) is 10.6. The van der Waals surface area contributed by atoms with Gasteiger partial charge >= 0.3 is 5.97 Å². The Bertz CT molecular complexity index is 567. The van der Waals surface area contributed by atoms with E-state index in [9.17, 15) is 9.18 Å². The fourth-order valence-electron chi connectivity index (χ4n) is 1.29. The van der Waals surface area contributed by atoms with Gasteiger partial charge in [0.2, 0.25) is 11.8 Å². The van der Waals surface area contributed by atoms with Gasteiger partial charge in [0.05, 0.1) is 0 Å². The zero-order valence-electron chi connectivity index (χ0n) is 10.0. The van der Waals surface area contributed by atoms with E-state index in [0.29, 0.717) is 5.56 Å². The predicted octanol–water partition coefficient (Wildman–Crippen LogP) is 1.87. The molecule has 100 valence electrons. The van der Waals surface area contributed by atoms with Crippen molar-refractivity contribution in [1.82, 2.24) is 10.2 Å². The van der Waals surface area contributed by atoms with E-state index in [1.165, 1.54) is 31.2 Å². The van der Waals surface area contributed by atoms with Crippen molar-refractivity contribution >= 4 is 5.97 Å². The Kier molecular flexibility index (Phi) is 3.86. The molecule has 0 aliphatic rings. The number of nitrogens with zero attached hydrogens (tertiary/aromatic N) is 2. The van der Waals surface area contributed by atoms with Crippen molar-refractivity contribution in [2.24, 2.45) is 0 Å². The van der Waals surface area contributed by atoms with Crippen LogP contribution in [0.5, 0.6) is 0 Å². The number of hydrogen-bond acceptors (Lipinski definition) is 5. The maximum atomic E-state index is 12.8. The predicted molar refractivity (Wildman–Crippen MR) is 61.6 cm³/mol. The molecule has 0 fully saturated rings. The third kappa shape index (κ3) is 3.35. The van der Waals surface area contributed by atoms with Gasteiger partial charge in [-0.25, -0.2) is 9.18 Å². The molecule has 0 amide bonds. The highest BCUT2D eigenvalue weighted by atomic mass is 19.1. The average molecular weight is 266 g/mol. The van der Waals surface area contributed by atoms with Crippen LogP contribution < -0.4 is 0 Å². The van der Waals surface area contributed by atoms with Gasteiger partial charge < -0.3 is 14.3 Å². The lowest BCUT2D eigenvalue weighted by Gasteiger charge is -2.04. The Morgan fingerprint density at radius 3 is 2.74 bits per heavy atom. The fourth-order valence-corrected chi connectivity index (χ4v) is 1.29. The Morgan fingerprint density at radius 2 is 2.11 bits per heavy atom. The zero-order chi connectivity index (χ0) is 13.8. The molecule has 1 atom stereocenters. The first kappa shape index (κ1) is 13.2. The smallest absolute Gasteiger partial charge is 0.332 e. The Labute approximate surface area is 107 Å². The number of aliphatic carboxylic acids is 1. The number of aromatic nitrogens is 2. The summed E-state index contributed by atoms with van der Waals surface area (Å²) in [6.07, 6.45) is -0.957. The van der Waals surface area contributed by atoms with Crippen LogP contribution in [0.15, 0.2) is 28.7 Å². The van der Waals surface area contributed by atoms with Gasteiger partial charge in [-0.1, -0.05) is 0 Å². The van der Waals surface area contributed by atoms with Crippen LogP contribution in [0.25, 0.3) is 11.5 Å². The van der Waals surface area contributed by atoms with Gasteiger partial charge in [0.25, 0.3) is 0 Å². The molecule has 1 aromatic heterocycles. The second-order valence-electron chi connectivity index (χ2n) is 3.80. The number of halogens is 1. The molecule has 0 aliphatic heterocycles. The summed E-state index contributed by atoms with van der Waals surface area (Å²) in [5, 5.41) is 16.1. The van der Waals surface area contributed by atoms with Crippen molar-refractivity contribution in [2.45, 2.75) is 19.6 Å². The van der Waals surface area contributed by atoms with Crippen LogP contribution in [0.3, 0.4) is 0 Å². The Hall–Kier alpha value is -2.28. The molecule has 7 heteroatoms. The van der Waals surface area contributed by atoms with Crippen molar-refractivity contribution in [3.8, 4) is 11.5 Å². The Morgan fingerprint density at radius 1 is 1.42 bits per heavy atom. The first-order valence-electron chi connectivity index (χ1n) is 5.49. The van der Waals surface area contributed by atoms with Crippen LogP contribution in [0, 0.1) is 5.82 Å². The highest BCUT2D eigenvalue weighted by Gasteiger charge is 2.14. The normalized spacial score (nSPS) is 12.3. The molecule has 1 N–H and O–H groups in total. The number of benzene rings is 1. The van der Waals surface area contributed by atoms with Crippen LogP contribution in [-0.4, -0.2) is 27.4 Å². The summed E-state index contributed by atoms with van der Waals surface area (Å²) < 4.78 is 23.0. The summed E-state index contributed by atoms with van der Waals surface area (Å²) >= 11 is 0. The van der Waals surface area contributed by atoms with Crippen LogP contribution in [0.2, 0.25) is 0 Å². The highest BCUT2D eigenvalue weighted by Crippen LogP contribution is 2.18. The van der Waals surface area contributed by atoms with Crippen molar-refractivity contribution in [3.05, 3.63) is 36.0 Å². The number of rotatable bonds is 5. The summed E-state index contributed by atoms with van der Waals surface area (Å²) in [6, 6.07) is 5.57. The van der Waals surface area contributed by atoms with E-state index in [0.717, 1.165) is 0 Å². The van der Waals surface area contributed by atoms with Gasteiger partial charge in [-0.15, -0.1) is 10.2 Å². The molecule has 0 saturated heterocycles. The highest BCUT2D eigenvalue weighted by molar-refractivity contribution is 5.71. The molecule has 19 heavy (non-hydrogen) atoms. The second-order valence-corrected chi connectivity index (χ2v) is 3.80. The van der Waals surface area contributed by atoms with Crippen LogP contribution >= 0.6 is 0 Å². The number of carboxylic acid groups (broad SMARTS) is 1. The van der Waals surface area contributed by atoms with Gasteiger partial charge in [0, 0.05) is 5.56 Å². The minimum absolute atomic E-state index is 0.0956. The minimum Gasteiger partial charge on any atom is -0.479 e. The lowest BCUT2D eigenvalue weighted by atomic mass is 10.2. The van der Waals surface area contributed by atoms with E-state index in [-0.39, 0.29) is 24.2 Å². The number of carbonyl (C=O) groups is 1. The molecule has 0 unspecified atom stereocenters. The maximum absolute atomic E-state index is 12.8. The molecule has 0 radical (unpaired) electrons. The molecule has 0 saturated carbocycles. The molecule has 1 heterocycles. The molecule has 6 nitrogen and oxygen atoms in total. The monoisotopic (exact) mass is 266 g/mol. The molecule has 0 bridgehead atoms. The lowest BCUT2D eigenvalue weighted by Crippen LogP contribution is -2.19. The minimum atomic E-state index is -1.07. The van der Waals surface area contributed by atoms with Crippen LogP contribution in [0.4, 0.5) is 4.39 Å². The fraction of sp³-hybridized carbons (Fsp3) is 0.250. The second kappa shape index (κ2) is 5.57. The summed E-state index contributed by atoms with van der Waals surface area (Å²) in [7, 11) is 0. The van der Waals surface area contributed by atoms with E-state index in [4.69, 9.17) is 14.3 Å². The number of carboxylic acids is 1. The number of hydrogen-bond donors (Lipinski definition) is 1. The van der Waals surface area contributed by atoms with Crippen molar-refractivity contribution in [2.75, 3.05) is 0 Å². The SMILES string of the molecule is C[C@H](OCc1nnc(-c2ccc(F)cc2)o1)C(=O)O. The molecule has 2 rings (SSSR count). The first-order chi connectivity index (χ1) is 9.06. The van der Waals surface area contributed by atoms with E-state index in [1.54, 1.807) is 0 Å². The van der Waals surface area contributed by atoms with Crippen molar-refractivity contribution in [3.63, 3.8) is 0 Å².